The summed E-state index contributed by atoms with van der Waals surface area (Å²) in [5.74, 6) is 0. The van der Waals surface area contributed by atoms with Crippen molar-refractivity contribution in [1.82, 2.24) is 0 Å². The molecule has 11 heavy (non-hydrogen) atoms. The van der Waals surface area contributed by atoms with Gasteiger partial charge in [0.1, 0.15) is 0 Å². The lowest BCUT2D eigenvalue weighted by molar-refractivity contribution is 0.368. The van der Waals surface area contributed by atoms with Crippen LogP contribution in [0, 0.1) is 0 Å². The number of hydrogen-bond acceptors (Lipinski definition) is 3. The molecule has 0 aromatic heterocycles. The van der Waals surface area contributed by atoms with Crippen molar-refractivity contribution < 1.29 is 14.7 Å². The van der Waals surface area contributed by atoms with E-state index in [0.717, 1.165) is 0 Å². The van der Waals surface area contributed by atoms with Crippen LogP contribution in [0.5, 0.6) is 0 Å². The molecule has 0 aliphatic rings. The summed E-state index contributed by atoms with van der Waals surface area (Å²) >= 11 is 1.17. The molecule has 3 nitrogen and oxygen atoms in total. The highest BCUT2D eigenvalue weighted by molar-refractivity contribution is 7.38. The minimum Gasteiger partial charge on any atom is -0.328 e. The fraction of sp³-hybridized carbons (Fsp3) is 0. The molecule has 0 atom stereocenters. The van der Waals surface area contributed by atoms with Crippen LogP contribution < -0.4 is 4.43 Å². The normalized spacial score (nSPS) is 8.73. The fourth-order valence-corrected chi connectivity index (χ4v) is 0.919. The second-order valence-corrected chi connectivity index (χ2v) is 3.61. The van der Waals surface area contributed by atoms with Gasteiger partial charge in [-0.15, -0.1) is 4.43 Å². The fourth-order valence-electron chi connectivity index (χ4n) is 0.534. The van der Waals surface area contributed by atoms with Gasteiger partial charge in [-0.3, -0.25) is 0 Å². The summed E-state index contributed by atoms with van der Waals surface area (Å²) in [6, 6.07) is 10.5. The van der Waals surface area contributed by atoms with E-state index in [2.05, 4.69) is 24.3 Å². The van der Waals surface area contributed by atoms with Crippen LogP contribution in [0.25, 0.3) is 0 Å². The summed E-state index contributed by atoms with van der Waals surface area (Å²) in [5.41, 5.74) is 0. The Morgan fingerprint density at radius 3 is 1.55 bits per heavy atom. The predicted molar refractivity (Wildman–Crippen MR) is 48.2 cm³/mol. The molecular formula is C6H10AlO3P. The first-order valence-electron chi connectivity index (χ1n) is 3.01. The zero-order chi connectivity index (χ0) is 8.69. The van der Waals surface area contributed by atoms with Crippen LogP contribution in [-0.2, 0) is 0 Å². The first kappa shape index (κ1) is 11.1. The molecule has 0 heterocycles. The summed E-state index contributed by atoms with van der Waals surface area (Å²) < 4.78 is 1.46. The van der Waals surface area contributed by atoms with Gasteiger partial charge in [0, 0.05) is 0 Å². The standard InChI is InChI=1S/C6H5.Al.H3O3P.2H/c1-2-4-6-5-3-1;;1-4(2)3;;/h1-5H;;1-3H;;. The highest BCUT2D eigenvalue weighted by atomic mass is 31.2. The Labute approximate surface area is 74.7 Å². The molecular weight excluding hydrogens is 178 g/mol. The average molecular weight is 188 g/mol. The number of hydrogen-bond donors (Lipinski definition) is 3. The van der Waals surface area contributed by atoms with Crippen LogP contribution in [-0.4, -0.2) is 31.0 Å². The van der Waals surface area contributed by atoms with Gasteiger partial charge in [-0.25, -0.2) is 0 Å². The van der Waals surface area contributed by atoms with E-state index in [1.165, 1.54) is 20.7 Å². The molecule has 0 radical (unpaired) electrons. The van der Waals surface area contributed by atoms with E-state index in [4.69, 9.17) is 14.7 Å². The Bertz CT molecular complexity index is 178. The average Bonchev–Trinajstić information content (AvgIpc) is 1.87. The molecule has 0 spiro atoms. The maximum absolute atomic E-state index is 7.23. The van der Waals surface area contributed by atoms with E-state index in [1.54, 1.807) is 0 Å². The van der Waals surface area contributed by atoms with Crippen molar-refractivity contribution in [3.8, 4) is 0 Å². The summed E-state index contributed by atoms with van der Waals surface area (Å²) in [4.78, 5) is 21.7. The molecule has 1 aromatic carbocycles. The van der Waals surface area contributed by atoms with Crippen molar-refractivity contribution in [3.63, 3.8) is 0 Å². The Morgan fingerprint density at radius 1 is 1.00 bits per heavy atom. The third-order valence-corrected chi connectivity index (χ3v) is 1.61. The largest absolute Gasteiger partial charge is 0.328 e. The van der Waals surface area contributed by atoms with E-state index < -0.39 is 8.60 Å². The van der Waals surface area contributed by atoms with Gasteiger partial charge in [-0.1, -0.05) is 30.3 Å². The molecule has 5 heteroatoms. The smallest absolute Gasteiger partial charge is 0.324 e. The number of rotatable bonds is 0. The molecule has 0 aliphatic carbocycles. The molecule has 3 N–H and O–H groups in total. The molecule has 1 aromatic rings. The van der Waals surface area contributed by atoms with Crippen LogP contribution in [0.2, 0.25) is 0 Å². The Hall–Kier alpha value is 0.0625. The topological polar surface area (TPSA) is 60.7 Å². The second kappa shape index (κ2) is 6.75. The minimum atomic E-state index is -2.62. The lowest BCUT2D eigenvalue weighted by Crippen LogP contribution is -1.97. The van der Waals surface area contributed by atoms with Gasteiger partial charge in [-0.05, 0) is 0 Å². The van der Waals surface area contributed by atoms with Crippen molar-refractivity contribution in [2.24, 2.45) is 0 Å². The first-order valence-corrected chi connectivity index (χ1v) is 5.21. The summed E-state index contributed by atoms with van der Waals surface area (Å²) in [7, 11) is -2.62. The van der Waals surface area contributed by atoms with E-state index in [9.17, 15) is 0 Å². The van der Waals surface area contributed by atoms with Gasteiger partial charge >= 0.3 is 8.60 Å². The SMILES string of the molecule is OP(O)O.[AlH2][c]1ccccc1. The van der Waals surface area contributed by atoms with Gasteiger partial charge < -0.3 is 14.7 Å². The molecule has 0 aliphatic heterocycles. The molecule has 0 unspecified atom stereocenters. The van der Waals surface area contributed by atoms with Crippen molar-refractivity contribution >= 4 is 29.3 Å². The van der Waals surface area contributed by atoms with E-state index in [-0.39, 0.29) is 0 Å². The zero-order valence-corrected chi connectivity index (χ0v) is 9.07. The van der Waals surface area contributed by atoms with Gasteiger partial charge in [0.2, 0.25) is 0 Å². The Balaban J connectivity index is 0.000000218. The summed E-state index contributed by atoms with van der Waals surface area (Å²) in [6.45, 7) is 0. The third kappa shape index (κ3) is 10.1. The van der Waals surface area contributed by atoms with Crippen molar-refractivity contribution in [2.75, 3.05) is 0 Å². The van der Waals surface area contributed by atoms with Gasteiger partial charge in [0.15, 0.2) is 0 Å². The molecule has 0 saturated carbocycles. The van der Waals surface area contributed by atoms with E-state index in [1.807, 2.05) is 6.07 Å². The van der Waals surface area contributed by atoms with E-state index >= 15 is 0 Å². The molecule has 0 fully saturated rings. The second-order valence-electron chi connectivity index (χ2n) is 1.92. The number of benzene rings is 1. The third-order valence-electron chi connectivity index (χ3n) is 0.940. The summed E-state index contributed by atoms with van der Waals surface area (Å²) in [5, 5.41) is 0. The van der Waals surface area contributed by atoms with Crippen LogP contribution in [0.15, 0.2) is 30.3 Å². The van der Waals surface area contributed by atoms with Gasteiger partial charge in [-0.2, -0.15) is 0 Å². The van der Waals surface area contributed by atoms with Gasteiger partial charge in [0.05, 0.1) is 0 Å². The summed E-state index contributed by atoms with van der Waals surface area (Å²) in [6.07, 6.45) is 0. The maximum atomic E-state index is 7.23. The van der Waals surface area contributed by atoms with Gasteiger partial charge in [0.25, 0.3) is 16.3 Å². The quantitative estimate of drug-likeness (QED) is 0.366. The molecule has 0 saturated heterocycles. The lowest BCUT2D eigenvalue weighted by atomic mass is 10.4. The Morgan fingerprint density at radius 2 is 1.36 bits per heavy atom. The predicted octanol–water partition coefficient (Wildman–Crippen LogP) is -0.865. The molecule has 60 valence electrons. The van der Waals surface area contributed by atoms with Crippen LogP contribution in [0.4, 0.5) is 0 Å². The highest BCUT2D eigenvalue weighted by Gasteiger charge is 1.76. The minimum absolute atomic E-state index is 1.17. The highest BCUT2D eigenvalue weighted by Crippen LogP contribution is 2.11. The molecule has 1 rings (SSSR count). The van der Waals surface area contributed by atoms with Crippen molar-refractivity contribution in [3.05, 3.63) is 30.3 Å². The van der Waals surface area contributed by atoms with Crippen LogP contribution >= 0.6 is 8.60 Å². The van der Waals surface area contributed by atoms with Crippen LogP contribution in [0.3, 0.4) is 0 Å². The van der Waals surface area contributed by atoms with E-state index in [0.29, 0.717) is 0 Å². The monoisotopic (exact) mass is 188 g/mol. The first-order chi connectivity index (χ1) is 5.13. The Kier molecular flexibility index (Phi) is 6.79. The molecule has 0 bridgehead atoms. The van der Waals surface area contributed by atoms with Crippen molar-refractivity contribution in [2.45, 2.75) is 0 Å². The molecule has 0 amide bonds. The zero-order valence-electron chi connectivity index (χ0n) is 6.18. The van der Waals surface area contributed by atoms with Crippen molar-refractivity contribution in [1.29, 1.82) is 0 Å². The van der Waals surface area contributed by atoms with Crippen LogP contribution in [0.1, 0.15) is 0 Å². The maximum Gasteiger partial charge on any atom is 0.324 e. The lowest BCUT2D eigenvalue weighted by Gasteiger charge is -1.83.